The third kappa shape index (κ3) is 5.40. The third-order valence-corrected chi connectivity index (χ3v) is 4.46. The Balaban J connectivity index is 1.56. The van der Waals surface area contributed by atoms with Crippen molar-refractivity contribution in [2.45, 2.75) is 25.2 Å². The largest absolute Gasteiger partial charge is 0.573 e. The molecule has 2 aromatic carbocycles. The number of amides is 2. The summed E-state index contributed by atoms with van der Waals surface area (Å²) in [7, 11) is 1.57. The van der Waals surface area contributed by atoms with Crippen LogP contribution < -0.4 is 14.8 Å². The Kier molecular flexibility index (Phi) is 5.95. The minimum absolute atomic E-state index is 0.0117. The van der Waals surface area contributed by atoms with E-state index in [-0.39, 0.29) is 30.5 Å². The molecule has 1 N–H and O–H groups in total. The second kappa shape index (κ2) is 8.42. The van der Waals surface area contributed by atoms with Crippen molar-refractivity contribution in [1.29, 1.82) is 0 Å². The average molecular weight is 408 g/mol. The summed E-state index contributed by atoms with van der Waals surface area (Å²) in [6, 6.07) is 11.6. The SMILES string of the molecule is COc1ccc(CCN2C(=O)CC(Nc3ccc(OC(F)(F)F)cc3)C2=O)cc1. The lowest BCUT2D eigenvalue weighted by atomic mass is 10.1. The van der Waals surface area contributed by atoms with Gasteiger partial charge in [-0.2, -0.15) is 0 Å². The normalized spacial score (nSPS) is 16.8. The zero-order valence-corrected chi connectivity index (χ0v) is 15.5. The fourth-order valence-corrected chi connectivity index (χ4v) is 3.02. The number of methoxy groups -OCH3 is 1. The lowest BCUT2D eigenvalue weighted by Gasteiger charge is -2.16. The van der Waals surface area contributed by atoms with E-state index < -0.39 is 12.4 Å². The number of nitrogens with one attached hydrogen (secondary N) is 1. The van der Waals surface area contributed by atoms with E-state index in [0.29, 0.717) is 12.1 Å². The van der Waals surface area contributed by atoms with Gasteiger partial charge in [-0.15, -0.1) is 13.2 Å². The third-order valence-electron chi connectivity index (χ3n) is 4.46. The molecule has 1 fully saturated rings. The maximum atomic E-state index is 12.5. The molecule has 2 aromatic rings. The van der Waals surface area contributed by atoms with Gasteiger partial charge in [0, 0.05) is 12.2 Å². The summed E-state index contributed by atoms with van der Waals surface area (Å²) in [5, 5.41) is 2.89. The van der Waals surface area contributed by atoms with Crippen molar-refractivity contribution in [3.63, 3.8) is 0 Å². The van der Waals surface area contributed by atoms with Crippen LogP contribution in [0.1, 0.15) is 12.0 Å². The molecule has 1 unspecified atom stereocenters. The van der Waals surface area contributed by atoms with E-state index in [1.165, 1.54) is 17.0 Å². The molecule has 0 saturated carbocycles. The van der Waals surface area contributed by atoms with Crippen molar-refractivity contribution < 1.29 is 32.2 Å². The summed E-state index contributed by atoms with van der Waals surface area (Å²) in [6.45, 7) is 0.251. The number of rotatable bonds is 7. The Hall–Kier alpha value is -3.23. The average Bonchev–Trinajstić information content (AvgIpc) is 2.94. The highest BCUT2D eigenvalue weighted by Gasteiger charge is 2.38. The standard InChI is InChI=1S/C20H19F3N2O4/c1-28-15-6-2-13(3-7-15)10-11-25-18(26)12-17(19(25)27)24-14-4-8-16(9-5-14)29-20(21,22)23/h2-9,17,24H,10-12H2,1H3. The van der Waals surface area contributed by atoms with Gasteiger partial charge in [0.25, 0.3) is 5.91 Å². The van der Waals surface area contributed by atoms with Gasteiger partial charge in [0.15, 0.2) is 0 Å². The second-order valence-electron chi connectivity index (χ2n) is 6.45. The van der Waals surface area contributed by atoms with Gasteiger partial charge in [-0.3, -0.25) is 14.5 Å². The van der Waals surface area contributed by atoms with Crippen molar-refractivity contribution >= 4 is 17.5 Å². The van der Waals surface area contributed by atoms with Crippen LogP contribution >= 0.6 is 0 Å². The zero-order valence-electron chi connectivity index (χ0n) is 15.5. The molecule has 1 aliphatic rings. The molecule has 0 bridgehead atoms. The summed E-state index contributed by atoms with van der Waals surface area (Å²) in [4.78, 5) is 26.0. The predicted molar refractivity (Wildman–Crippen MR) is 98.6 cm³/mol. The van der Waals surface area contributed by atoms with Crippen molar-refractivity contribution in [3.8, 4) is 11.5 Å². The van der Waals surface area contributed by atoms with Crippen molar-refractivity contribution in [1.82, 2.24) is 4.90 Å². The number of hydrogen-bond donors (Lipinski definition) is 1. The Morgan fingerprint density at radius 2 is 1.66 bits per heavy atom. The monoisotopic (exact) mass is 408 g/mol. The number of anilines is 1. The molecule has 2 amide bonds. The van der Waals surface area contributed by atoms with Crippen LogP contribution in [0.3, 0.4) is 0 Å². The van der Waals surface area contributed by atoms with Gasteiger partial charge < -0.3 is 14.8 Å². The van der Waals surface area contributed by atoms with E-state index in [4.69, 9.17) is 4.74 Å². The molecule has 1 atom stereocenters. The summed E-state index contributed by atoms with van der Waals surface area (Å²) in [6.07, 6.45) is -4.27. The van der Waals surface area contributed by atoms with E-state index in [9.17, 15) is 22.8 Å². The number of ether oxygens (including phenoxy) is 2. The number of likely N-dealkylation sites (tertiary alicyclic amines) is 1. The van der Waals surface area contributed by atoms with Crippen LogP contribution in [0.4, 0.5) is 18.9 Å². The lowest BCUT2D eigenvalue weighted by molar-refractivity contribution is -0.274. The second-order valence-corrected chi connectivity index (χ2v) is 6.45. The summed E-state index contributed by atoms with van der Waals surface area (Å²) in [5.41, 5.74) is 1.38. The topological polar surface area (TPSA) is 67.9 Å². The quantitative estimate of drug-likeness (QED) is 0.712. The number of nitrogens with zero attached hydrogens (tertiary/aromatic N) is 1. The van der Waals surface area contributed by atoms with Gasteiger partial charge in [-0.25, -0.2) is 0 Å². The first-order valence-electron chi connectivity index (χ1n) is 8.84. The van der Waals surface area contributed by atoms with Crippen LogP contribution in [0.2, 0.25) is 0 Å². The first-order valence-corrected chi connectivity index (χ1v) is 8.84. The maximum absolute atomic E-state index is 12.5. The molecule has 0 aromatic heterocycles. The lowest BCUT2D eigenvalue weighted by Crippen LogP contribution is -2.36. The van der Waals surface area contributed by atoms with Gasteiger partial charge in [0.2, 0.25) is 5.91 Å². The smallest absolute Gasteiger partial charge is 0.497 e. The molecule has 9 heteroatoms. The first-order chi connectivity index (χ1) is 13.7. The molecule has 1 aliphatic heterocycles. The zero-order chi connectivity index (χ0) is 21.0. The molecule has 3 rings (SSSR count). The van der Waals surface area contributed by atoms with Gasteiger partial charge >= 0.3 is 6.36 Å². The minimum Gasteiger partial charge on any atom is -0.497 e. The van der Waals surface area contributed by atoms with Crippen molar-refractivity contribution in [2.75, 3.05) is 19.0 Å². The molecule has 1 saturated heterocycles. The summed E-state index contributed by atoms with van der Waals surface area (Å²) < 4.78 is 45.5. The predicted octanol–water partition coefficient (Wildman–Crippen LogP) is 3.38. The Labute approximate surface area is 165 Å². The van der Waals surface area contributed by atoms with Gasteiger partial charge in [-0.1, -0.05) is 12.1 Å². The molecular formula is C20H19F3N2O4. The number of carbonyl (C=O) groups excluding carboxylic acids is 2. The molecule has 0 spiro atoms. The summed E-state index contributed by atoms with van der Waals surface area (Å²) >= 11 is 0. The van der Waals surface area contributed by atoms with Crippen LogP contribution in [0, 0.1) is 0 Å². The molecule has 154 valence electrons. The van der Waals surface area contributed by atoms with E-state index in [0.717, 1.165) is 23.4 Å². The highest BCUT2D eigenvalue weighted by molar-refractivity contribution is 6.06. The number of hydrogen-bond acceptors (Lipinski definition) is 5. The van der Waals surface area contributed by atoms with Crippen LogP contribution in [0.15, 0.2) is 48.5 Å². The fourth-order valence-electron chi connectivity index (χ4n) is 3.02. The van der Waals surface area contributed by atoms with E-state index >= 15 is 0 Å². The van der Waals surface area contributed by atoms with Crippen LogP contribution in [-0.2, 0) is 16.0 Å². The highest BCUT2D eigenvalue weighted by atomic mass is 19.4. The van der Waals surface area contributed by atoms with Crippen LogP contribution in [-0.4, -0.2) is 42.8 Å². The Morgan fingerprint density at radius 3 is 2.24 bits per heavy atom. The first kappa shape index (κ1) is 20.5. The molecule has 6 nitrogen and oxygen atoms in total. The number of alkyl halides is 3. The van der Waals surface area contributed by atoms with Gasteiger partial charge in [0.1, 0.15) is 17.5 Å². The molecular weight excluding hydrogens is 389 g/mol. The fraction of sp³-hybridized carbons (Fsp3) is 0.300. The molecule has 0 aliphatic carbocycles. The highest BCUT2D eigenvalue weighted by Crippen LogP contribution is 2.25. The van der Waals surface area contributed by atoms with E-state index in [2.05, 4.69) is 10.1 Å². The minimum atomic E-state index is -4.77. The number of benzene rings is 2. The molecule has 29 heavy (non-hydrogen) atoms. The van der Waals surface area contributed by atoms with Crippen LogP contribution in [0.5, 0.6) is 11.5 Å². The van der Waals surface area contributed by atoms with Gasteiger partial charge in [-0.05, 0) is 48.4 Å². The summed E-state index contributed by atoms with van der Waals surface area (Å²) in [5.74, 6) is -0.298. The van der Waals surface area contributed by atoms with Crippen molar-refractivity contribution in [2.24, 2.45) is 0 Å². The number of halogens is 3. The van der Waals surface area contributed by atoms with E-state index in [1.54, 1.807) is 19.2 Å². The Bertz CT molecular complexity index is 867. The van der Waals surface area contributed by atoms with E-state index in [1.807, 2.05) is 12.1 Å². The Morgan fingerprint density at radius 1 is 1.03 bits per heavy atom. The molecule has 1 heterocycles. The number of imide groups is 1. The van der Waals surface area contributed by atoms with Gasteiger partial charge in [0.05, 0.1) is 13.5 Å². The van der Waals surface area contributed by atoms with Crippen LogP contribution in [0.25, 0.3) is 0 Å². The molecule has 0 radical (unpaired) electrons. The number of carbonyl (C=O) groups is 2. The maximum Gasteiger partial charge on any atom is 0.573 e. The van der Waals surface area contributed by atoms with Crippen molar-refractivity contribution in [3.05, 3.63) is 54.1 Å².